The molecule has 4 atom stereocenters. The second kappa shape index (κ2) is 6.13. The third-order valence-corrected chi connectivity index (χ3v) is 4.82. The molecule has 4 unspecified atom stereocenters. The second-order valence-electron chi connectivity index (χ2n) is 7.78. The van der Waals surface area contributed by atoms with E-state index in [0.717, 1.165) is 32.5 Å². The van der Waals surface area contributed by atoms with Gasteiger partial charge in [0.2, 0.25) is 0 Å². The van der Waals surface area contributed by atoms with Crippen LogP contribution in [-0.4, -0.2) is 60.3 Å². The number of likely N-dealkylation sites (tertiary alicyclic amines) is 2. The molecule has 5 nitrogen and oxygen atoms in total. The molecule has 5 heteroatoms. The van der Waals surface area contributed by atoms with E-state index in [2.05, 4.69) is 18.9 Å². The van der Waals surface area contributed by atoms with E-state index in [9.17, 15) is 4.79 Å². The number of nitrogens with zero attached hydrogens (tertiary/aromatic N) is 2. The molecule has 2 fully saturated rings. The van der Waals surface area contributed by atoms with Crippen molar-refractivity contribution < 1.29 is 9.53 Å². The molecule has 122 valence electrons. The number of hydrogen-bond donors (Lipinski definition) is 1. The Balaban J connectivity index is 1.94. The van der Waals surface area contributed by atoms with Crippen LogP contribution in [0.5, 0.6) is 0 Å². The summed E-state index contributed by atoms with van der Waals surface area (Å²) in [5, 5.41) is 0. The molecule has 2 aliphatic rings. The molecule has 2 heterocycles. The van der Waals surface area contributed by atoms with E-state index < -0.39 is 5.60 Å². The molecule has 0 spiro atoms. The van der Waals surface area contributed by atoms with Gasteiger partial charge in [-0.1, -0.05) is 6.92 Å². The van der Waals surface area contributed by atoms with Crippen LogP contribution < -0.4 is 5.73 Å². The number of piperidine rings is 1. The van der Waals surface area contributed by atoms with E-state index in [4.69, 9.17) is 10.5 Å². The molecule has 2 aliphatic heterocycles. The Kier molecular flexibility index (Phi) is 4.83. The van der Waals surface area contributed by atoms with Gasteiger partial charge in [0.25, 0.3) is 0 Å². The first-order valence-corrected chi connectivity index (χ1v) is 8.13. The third-order valence-electron chi connectivity index (χ3n) is 4.82. The summed E-state index contributed by atoms with van der Waals surface area (Å²) in [4.78, 5) is 16.4. The van der Waals surface area contributed by atoms with Crippen LogP contribution in [0.15, 0.2) is 0 Å². The maximum Gasteiger partial charge on any atom is 0.410 e. The summed E-state index contributed by atoms with van der Waals surface area (Å²) in [5.74, 6) is 1.04. The zero-order valence-corrected chi connectivity index (χ0v) is 14.1. The Morgan fingerprint density at radius 1 is 1.24 bits per heavy atom. The highest BCUT2D eigenvalue weighted by atomic mass is 16.6. The molecule has 21 heavy (non-hydrogen) atoms. The first kappa shape index (κ1) is 16.6. The van der Waals surface area contributed by atoms with E-state index in [-0.39, 0.29) is 12.1 Å². The maximum atomic E-state index is 12.2. The van der Waals surface area contributed by atoms with Crippen LogP contribution in [0.1, 0.15) is 40.5 Å². The highest BCUT2D eigenvalue weighted by Crippen LogP contribution is 2.33. The Labute approximate surface area is 128 Å². The van der Waals surface area contributed by atoms with Crippen molar-refractivity contribution in [1.82, 2.24) is 9.80 Å². The lowest BCUT2D eigenvalue weighted by molar-refractivity contribution is 0.00476. The molecule has 0 aromatic rings. The summed E-state index contributed by atoms with van der Waals surface area (Å²) in [7, 11) is 2.17. The smallest absolute Gasteiger partial charge is 0.410 e. The van der Waals surface area contributed by atoms with Crippen LogP contribution >= 0.6 is 0 Å². The van der Waals surface area contributed by atoms with Crippen molar-refractivity contribution in [3.05, 3.63) is 0 Å². The van der Waals surface area contributed by atoms with Crippen LogP contribution in [0.2, 0.25) is 0 Å². The van der Waals surface area contributed by atoms with Gasteiger partial charge in [0, 0.05) is 25.2 Å². The van der Waals surface area contributed by atoms with Crippen molar-refractivity contribution in [3.8, 4) is 0 Å². The van der Waals surface area contributed by atoms with Gasteiger partial charge in [-0.3, -0.25) is 0 Å². The van der Waals surface area contributed by atoms with Gasteiger partial charge in [0.1, 0.15) is 5.60 Å². The summed E-state index contributed by atoms with van der Waals surface area (Å²) in [5.41, 5.74) is 5.87. The van der Waals surface area contributed by atoms with Gasteiger partial charge >= 0.3 is 6.09 Å². The van der Waals surface area contributed by atoms with Gasteiger partial charge in [0.15, 0.2) is 0 Å². The standard InChI is InChI=1S/C16H31N3O2/c1-11-10-19(15(20)21-16(2,3)4)9-6-12(11)14-13(17)7-8-18(14)5/h11-14H,6-10,17H2,1-5H3. The van der Waals surface area contributed by atoms with Gasteiger partial charge < -0.3 is 20.3 Å². The lowest BCUT2D eigenvalue weighted by atomic mass is 9.79. The summed E-state index contributed by atoms with van der Waals surface area (Å²) in [6, 6.07) is 0.733. The van der Waals surface area contributed by atoms with E-state index in [1.54, 1.807) is 0 Å². The number of ether oxygens (including phenoxy) is 1. The fourth-order valence-corrected chi connectivity index (χ4v) is 3.81. The van der Waals surface area contributed by atoms with Gasteiger partial charge in [-0.15, -0.1) is 0 Å². The van der Waals surface area contributed by atoms with Crippen molar-refractivity contribution >= 4 is 6.09 Å². The molecule has 0 aliphatic carbocycles. The summed E-state index contributed by atoms with van der Waals surface area (Å²) < 4.78 is 5.48. The largest absolute Gasteiger partial charge is 0.444 e. The molecular weight excluding hydrogens is 266 g/mol. The minimum atomic E-state index is -0.425. The van der Waals surface area contributed by atoms with E-state index in [0.29, 0.717) is 17.9 Å². The van der Waals surface area contributed by atoms with Crippen LogP contribution in [0.4, 0.5) is 4.79 Å². The molecule has 0 aromatic carbocycles. The highest BCUT2D eigenvalue weighted by molar-refractivity contribution is 5.68. The van der Waals surface area contributed by atoms with Crippen molar-refractivity contribution in [2.24, 2.45) is 17.6 Å². The molecule has 0 saturated carbocycles. The van der Waals surface area contributed by atoms with E-state index in [1.807, 2.05) is 25.7 Å². The van der Waals surface area contributed by atoms with Crippen molar-refractivity contribution in [3.63, 3.8) is 0 Å². The Morgan fingerprint density at radius 3 is 2.38 bits per heavy atom. The minimum Gasteiger partial charge on any atom is -0.444 e. The number of nitrogens with two attached hydrogens (primary N) is 1. The second-order valence-corrected chi connectivity index (χ2v) is 7.78. The predicted molar refractivity (Wildman–Crippen MR) is 84.1 cm³/mol. The van der Waals surface area contributed by atoms with Crippen molar-refractivity contribution in [2.75, 3.05) is 26.7 Å². The molecule has 0 radical (unpaired) electrons. The fraction of sp³-hybridized carbons (Fsp3) is 0.938. The van der Waals surface area contributed by atoms with Gasteiger partial charge in [0.05, 0.1) is 0 Å². The number of carbonyl (C=O) groups excluding carboxylic acids is 1. The number of amides is 1. The first-order valence-electron chi connectivity index (χ1n) is 8.13. The van der Waals surface area contributed by atoms with E-state index >= 15 is 0 Å². The molecule has 1 amide bonds. The summed E-state index contributed by atoms with van der Waals surface area (Å²) >= 11 is 0. The minimum absolute atomic E-state index is 0.183. The molecule has 2 saturated heterocycles. The number of likely N-dealkylation sites (N-methyl/N-ethyl adjacent to an activating group) is 1. The third kappa shape index (κ3) is 3.89. The molecule has 2 rings (SSSR count). The highest BCUT2D eigenvalue weighted by Gasteiger charge is 2.41. The summed E-state index contributed by atoms with van der Waals surface area (Å²) in [6.45, 7) is 10.6. The quantitative estimate of drug-likeness (QED) is 0.803. The lowest BCUT2D eigenvalue weighted by Gasteiger charge is -2.42. The molecule has 0 bridgehead atoms. The SMILES string of the molecule is CC1CN(C(=O)OC(C)(C)C)CCC1C1C(N)CCN1C. The predicted octanol–water partition coefficient (Wildman–Crippen LogP) is 1.91. The number of hydrogen-bond acceptors (Lipinski definition) is 4. The van der Waals surface area contributed by atoms with Crippen LogP contribution in [-0.2, 0) is 4.74 Å². The van der Waals surface area contributed by atoms with Gasteiger partial charge in [-0.2, -0.15) is 0 Å². The topological polar surface area (TPSA) is 58.8 Å². The maximum absolute atomic E-state index is 12.2. The Bertz CT molecular complexity index is 370. The van der Waals surface area contributed by atoms with Gasteiger partial charge in [-0.25, -0.2) is 4.79 Å². The average molecular weight is 297 g/mol. The molecular formula is C16H31N3O2. The Morgan fingerprint density at radius 2 is 1.90 bits per heavy atom. The first-order chi connectivity index (χ1) is 9.69. The molecule has 0 aromatic heterocycles. The van der Waals surface area contributed by atoms with Crippen LogP contribution in [0.3, 0.4) is 0 Å². The number of rotatable bonds is 1. The average Bonchev–Trinajstić information content (AvgIpc) is 2.67. The zero-order valence-electron chi connectivity index (χ0n) is 14.1. The van der Waals surface area contributed by atoms with Crippen molar-refractivity contribution in [1.29, 1.82) is 0 Å². The monoisotopic (exact) mass is 297 g/mol. The number of carbonyl (C=O) groups is 1. The van der Waals surface area contributed by atoms with Gasteiger partial charge in [-0.05, 0) is 59.0 Å². The fourth-order valence-electron chi connectivity index (χ4n) is 3.81. The normalized spacial score (nSPS) is 35.0. The van der Waals surface area contributed by atoms with Crippen LogP contribution in [0, 0.1) is 11.8 Å². The lowest BCUT2D eigenvalue weighted by Crippen LogP contribution is -2.52. The summed E-state index contributed by atoms with van der Waals surface area (Å²) in [6.07, 6.45) is 1.92. The van der Waals surface area contributed by atoms with Crippen molar-refractivity contribution in [2.45, 2.75) is 58.2 Å². The Hall–Kier alpha value is -0.810. The zero-order chi connectivity index (χ0) is 15.8. The van der Waals surface area contributed by atoms with E-state index in [1.165, 1.54) is 0 Å². The van der Waals surface area contributed by atoms with Crippen LogP contribution in [0.25, 0.3) is 0 Å². The molecule has 2 N–H and O–H groups in total.